The molecule has 1 aromatic carbocycles. The first-order valence-corrected chi connectivity index (χ1v) is 8.26. The van der Waals surface area contributed by atoms with Gasteiger partial charge in [0, 0.05) is 12.0 Å². The Kier molecular flexibility index (Phi) is 7.86. The van der Waals surface area contributed by atoms with Crippen LogP contribution in [0.2, 0.25) is 0 Å². The Bertz CT molecular complexity index is 490. The van der Waals surface area contributed by atoms with Crippen LogP contribution in [0.15, 0.2) is 24.3 Å². The minimum atomic E-state index is 0. The number of hydrogen-bond donors (Lipinski definition) is 2. The molecule has 0 radical (unpaired) electrons. The molecular weight excluding hydrogens is 312 g/mol. The SMILES string of the molecule is CC(C)Oc1ccc(C(C)NC(=O)[C@H]2CCN[C@@H](C)C2)cc1.Cl. The van der Waals surface area contributed by atoms with Gasteiger partial charge in [-0.2, -0.15) is 0 Å². The molecule has 1 saturated heterocycles. The normalized spacial score (nSPS) is 22.1. The average molecular weight is 341 g/mol. The van der Waals surface area contributed by atoms with E-state index in [4.69, 9.17) is 4.74 Å². The highest BCUT2D eigenvalue weighted by Crippen LogP contribution is 2.21. The molecule has 130 valence electrons. The van der Waals surface area contributed by atoms with Gasteiger partial charge >= 0.3 is 0 Å². The van der Waals surface area contributed by atoms with Crippen molar-refractivity contribution in [2.45, 2.75) is 58.7 Å². The Morgan fingerprint density at radius 3 is 2.48 bits per heavy atom. The zero-order chi connectivity index (χ0) is 16.1. The van der Waals surface area contributed by atoms with E-state index in [0.717, 1.165) is 30.7 Å². The topological polar surface area (TPSA) is 50.4 Å². The molecule has 0 aliphatic carbocycles. The van der Waals surface area contributed by atoms with Crippen molar-refractivity contribution >= 4 is 18.3 Å². The van der Waals surface area contributed by atoms with E-state index >= 15 is 0 Å². The summed E-state index contributed by atoms with van der Waals surface area (Å²) in [6.45, 7) is 9.11. The molecule has 0 bridgehead atoms. The van der Waals surface area contributed by atoms with Crippen LogP contribution < -0.4 is 15.4 Å². The fourth-order valence-corrected chi connectivity index (χ4v) is 2.89. The molecule has 5 heteroatoms. The third-order valence-corrected chi connectivity index (χ3v) is 4.11. The second kappa shape index (κ2) is 9.14. The van der Waals surface area contributed by atoms with E-state index in [1.165, 1.54) is 0 Å². The van der Waals surface area contributed by atoms with Crippen molar-refractivity contribution in [2.24, 2.45) is 5.92 Å². The lowest BCUT2D eigenvalue weighted by atomic mass is 9.92. The van der Waals surface area contributed by atoms with Crippen LogP contribution in [0.25, 0.3) is 0 Å². The summed E-state index contributed by atoms with van der Waals surface area (Å²) < 4.78 is 5.64. The summed E-state index contributed by atoms with van der Waals surface area (Å²) in [4.78, 5) is 12.4. The lowest BCUT2D eigenvalue weighted by molar-refractivity contribution is -0.126. The smallest absolute Gasteiger partial charge is 0.223 e. The molecule has 1 aliphatic heterocycles. The number of amides is 1. The molecule has 0 saturated carbocycles. The summed E-state index contributed by atoms with van der Waals surface area (Å²) in [6.07, 6.45) is 2.01. The van der Waals surface area contributed by atoms with E-state index in [1.54, 1.807) is 0 Å². The van der Waals surface area contributed by atoms with Crippen LogP contribution in [0, 0.1) is 5.92 Å². The van der Waals surface area contributed by atoms with E-state index in [9.17, 15) is 4.79 Å². The van der Waals surface area contributed by atoms with E-state index in [-0.39, 0.29) is 36.4 Å². The summed E-state index contributed by atoms with van der Waals surface area (Å²) in [6, 6.07) is 8.41. The largest absolute Gasteiger partial charge is 0.491 e. The highest BCUT2D eigenvalue weighted by atomic mass is 35.5. The highest BCUT2D eigenvalue weighted by molar-refractivity contribution is 5.85. The lowest BCUT2D eigenvalue weighted by Gasteiger charge is -2.28. The number of rotatable bonds is 5. The van der Waals surface area contributed by atoms with Gasteiger partial charge in [-0.05, 0) is 64.8 Å². The molecule has 2 N–H and O–H groups in total. The Labute approximate surface area is 145 Å². The summed E-state index contributed by atoms with van der Waals surface area (Å²) in [5.74, 6) is 1.16. The molecule has 4 nitrogen and oxygen atoms in total. The van der Waals surface area contributed by atoms with Gasteiger partial charge in [-0.3, -0.25) is 4.79 Å². The second-order valence-corrected chi connectivity index (χ2v) is 6.54. The number of hydrogen-bond acceptors (Lipinski definition) is 3. The van der Waals surface area contributed by atoms with Gasteiger partial charge in [-0.25, -0.2) is 0 Å². The third kappa shape index (κ3) is 6.04. The van der Waals surface area contributed by atoms with E-state index < -0.39 is 0 Å². The quantitative estimate of drug-likeness (QED) is 0.863. The van der Waals surface area contributed by atoms with Gasteiger partial charge in [0.05, 0.1) is 12.1 Å². The van der Waals surface area contributed by atoms with Crippen molar-refractivity contribution in [3.63, 3.8) is 0 Å². The maximum atomic E-state index is 12.4. The van der Waals surface area contributed by atoms with Gasteiger partial charge < -0.3 is 15.4 Å². The molecule has 1 amide bonds. The van der Waals surface area contributed by atoms with E-state index in [2.05, 4.69) is 17.6 Å². The summed E-state index contributed by atoms with van der Waals surface area (Å²) >= 11 is 0. The van der Waals surface area contributed by atoms with Gasteiger partial charge in [-0.15, -0.1) is 12.4 Å². The molecule has 2 rings (SSSR count). The molecule has 23 heavy (non-hydrogen) atoms. The highest BCUT2D eigenvalue weighted by Gasteiger charge is 2.25. The maximum Gasteiger partial charge on any atom is 0.223 e. The molecule has 0 aromatic heterocycles. The average Bonchev–Trinajstić information content (AvgIpc) is 2.47. The van der Waals surface area contributed by atoms with Gasteiger partial charge in [0.1, 0.15) is 5.75 Å². The zero-order valence-electron chi connectivity index (χ0n) is 14.5. The molecular formula is C18H29ClN2O2. The van der Waals surface area contributed by atoms with Crippen molar-refractivity contribution in [3.05, 3.63) is 29.8 Å². The van der Waals surface area contributed by atoms with Crippen LogP contribution in [0.5, 0.6) is 5.75 Å². The van der Waals surface area contributed by atoms with Crippen molar-refractivity contribution < 1.29 is 9.53 Å². The van der Waals surface area contributed by atoms with Crippen molar-refractivity contribution in [2.75, 3.05) is 6.54 Å². The van der Waals surface area contributed by atoms with Gasteiger partial charge in [0.25, 0.3) is 0 Å². The van der Waals surface area contributed by atoms with E-state index in [0.29, 0.717) is 6.04 Å². The number of piperidine rings is 1. The maximum absolute atomic E-state index is 12.4. The number of halogens is 1. The molecule has 1 aliphatic rings. The first-order valence-electron chi connectivity index (χ1n) is 8.26. The van der Waals surface area contributed by atoms with Crippen LogP contribution in [-0.4, -0.2) is 24.6 Å². The van der Waals surface area contributed by atoms with Crippen LogP contribution in [0.3, 0.4) is 0 Å². The number of nitrogens with one attached hydrogen (secondary N) is 2. The van der Waals surface area contributed by atoms with Crippen molar-refractivity contribution in [1.29, 1.82) is 0 Å². The minimum absolute atomic E-state index is 0. The van der Waals surface area contributed by atoms with Crippen molar-refractivity contribution in [3.8, 4) is 5.75 Å². The molecule has 1 fully saturated rings. The van der Waals surface area contributed by atoms with Gasteiger partial charge in [0.2, 0.25) is 5.91 Å². The number of carbonyl (C=O) groups is 1. The number of carbonyl (C=O) groups excluding carboxylic acids is 1. The monoisotopic (exact) mass is 340 g/mol. The predicted molar refractivity (Wildman–Crippen MR) is 96.2 cm³/mol. The first-order chi connectivity index (χ1) is 10.5. The van der Waals surface area contributed by atoms with Crippen LogP contribution in [0.1, 0.15) is 52.1 Å². The van der Waals surface area contributed by atoms with E-state index in [1.807, 2.05) is 45.0 Å². The predicted octanol–water partition coefficient (Wildman–Crippen LogP) is 3.46. The molecule has 1 heterocycles. The fourth-order valence-electron chi connectivity index (χ4n) is 2.89. The van der Waals surface area contributed by atoms with Gasteiger partial charge in [-0.1, -0.05) is 12.1 Å². The first kappa shape index (κ1) is 19.8. The summed E-state index contributed by atoms with van der Waals surface area (Å²) in [5, 5.41) is 6.52. The Hall–Kier alpha value is -1.26. The van der Waals surface area contributed by atoms with Crippen molar-refractivity contribution in [1.82, 2.24) is 10.6 Å². The Balaban J connectivity index is 0.00000264. The third-order valence-electron chi connectivity index (χ3n) is 4.11. The fraction of sp³-hybridized carbons (Fsp3) is 0.611. The molecule has 3 atom stereocenters. The Morgan fingerprint density at radius 2 is 1.91 bits per heavy atom. The standard InChI is InChI=1S/C18H28N2O2.ClH/c1-12(2)22-17-7-5-15(6-8-17)14(4)20-18(21)16-9-10-19-13(3)11-16;/h5-8,12-14,16,19H,9-11H2,1-4H3,(H,20,21);1H/t13-,14?,16-;/m0./s1. The summed E-state index contributed by atoms with van der Waals surface area (Å²) in [5.41, 5.74) is 1.10. The number of benzene rings is 1. The van der Waals surface area contributed by atoms with Gasteiger partial charge in [0.15, 0.2) is 0 Å². The second-order valence-electron chi connectivity index (χ2n) is 6.54. The van der Waals surface area contributed by atoms with Crippen LogP contribution in [-0.2, 0) is 4.79 Å². The summed E-state index contributed by atoms with van der Waals surface area (Å²) in [7, 11) is 0. The Morgan fingerprint density at radius 1 is 1.26 bits per heavy atom. The molecule has 0 spiro atoms. The van der Waals surface area contributed by atoms with Crippen LogP contribution >= 0.6 is 12.4 Å². The number of ether oxygens (including phenoxy) is 1. The molecule has 1 aromatic rings. The zero-order valence-corrected chi connectivity index (χ0v) is 15.3. The van der Waals surface area contributed by atoms with Crippen LogP contribution in [0.4, 0.5) is 0 Å². The minimum Gasteiger partial charge on any atom is -0.491 e. The molecule has 1 unspecified atom stereocenters. The lowest BCUT2D eigenvalue weighted by Crippen LogP contribution is -2.42.